The van der Waals surface area contributed by atoms with Gasteiger partial charge in [-0.15, -0.1) is 0 Å². The van der Waals surface area contributed by atoms with Crippen LogP contribution in [0.5, 0.6) is 0 Å². The van der Waals surface area contributed by atoms with Gasteiger partial charge in [0.25, 0.3) is 0 Å². The smallest absolute Gasteiger partial charge is 0.410 e. The van der Waals surface area contributed by atoms with Gasteiger partial charge in [0.1, 0.15) is 5.60 Å². The first-order valence-electron chi connectivity index (χ1n) is 9.74. The topological polar surface area (TPSA) is 59.0 Å². The van der Waals surface area contributed by atoms with Gasteiger partial charge in [-0.2, -0.15) is 0 Å². The van der Waals surface area contributed by atoms with Crippen LogP contribution in [0.15, 0.2) is 11.5 Å². The van der Waals surface area contributed by atoms with Crippen LogP contribution in [0.1, 0.15) is 67.7 Å². The molecule has 2 atom stereocenters. The Morgan fingerprint density at radius 1 is 1.27 bits per heavy atom. The molecule has 1 amide bonds. The third-order valence-corrected chi connectivity index (χ3v) is 5.84. The van der Waals surface area contributed by atoms with Gasteiger partial charge in [-0.1, -0.05) is 18.5 Å². The molecule has 0 aromatic carbocycles. The molecule has 1 heterocycles. The molecule has 147 valence electrons. The molecular formula is C20H35BNO4. The van der Waals surface area contributed by atoms with Crippen LogP contribution in [-0.2, 0) is 9.39 Å². The van der Waals surface area contributed by atoms with E-state index < -0.39 is 16.8 Å². The highest BCUT2D eigenvalue weighted by molar-refractivity contribution is 6.38. The molecule has 26 heavy (non-hydrogen) atoms. The number of amides is 1. The standard InChI is InChI=1S/C20H35BNO4/c1-14(15-8-9-15)20(7,24)19(5,6)26-21-16-10-12-22(13-11-16)17(23)25-18(2,3)4/h10,14-15,24H,8-9,11-13H2,1-7H3. The second-order valence-corrected chi connectivity index (χ2v) is 9.48. The minimum Gasteiger partial charge on any atom is -0.444 e. The summed E-state index contributed by atoms with van der Waals surface area (Å²) in [5.74, 6) is 0.804. The largest absolute Gasteiger partial charge is 0.444 e. The predicted octanol–water partition coefficient (Wildman–Crippen LogP) is 3.72. The lowest BCUT2D eigenvalue weighted by Gasteiger charge is -2.45. The molecule has 2 unspecified atom stereocenters. The van der Waals surface area contributed by atoms with Gasteiger partial charge in [-0.25, -0.2) is 4.79 Å². The van der Waals surface area contributed by atoms with E-state index in [0.29, 0.717) is 19.0 Å². The average molecular weight is 364 g/mol. The molecule has 5 nitrogen and oxygen atoms in total. The van der Waals surface area contributed by atoms with Crippen molar-refractivity contribution in [3.05, 3.63) is 11.5 Å². The summed E-state index contributed by atoms with van der Waals surface area (Å²) in [7, 11) is 1.75. The van der Waals surface area contributed by atoms with Crippen molar-refractivity contribution in [1.29, 1.82) is 0 Å². The normalized spacial score (nSPS) is 22.3. The Morgan fingerprint density at radius 3 is 2.35 bits per heavy atom. The lowest BCUT2D eigenvalue weighted by atomic mass is 9.73. The first-order chi connectivity index (χ1) is 11.8. The van der Waals surface area contributed by atoms with E-state index in [2.05, 4.69) is 6.92 Å². The summed E-state index contributed by atoms with van der Waals surface area (Å²) in [6.45, 7) is 14.6. The molecule has 1 radical (unpaired) electrons. The zero-order valence-corrected chi connectivity index (χ0v) is 17.5. The maximum absolute atomic E-state index is 12.1. The summed E-state index contributed by atoms with van der Waals surface area (Å²) in [5.41, 5.74) is -1.02. The highest BCUT2D eigenvalue weighted by Gasteiger charge is 2.49. The Bertz CT molecular complexity index is 547. The molecule has 2 aliphatic rings. The number of carbonyl (C=O) groups excluding carboxylic acids is 1. The quantitative estimate of drug-likeness (QED) is 0.730. The second-order valence-electron chi connectivity index (χ2n) is 9.48. The van der Waals surface area contributed by atoms with Crippen molar-refractivity contribution in [1.82, 2.24) is 4.90 Å². The monoisotopic (exact) mass is 364 g/mol. The number of hydrogen-bond donors (Lipinski definition) is 1. The van der Waals surface area contributed by atoms with Crippen molar-refractivity contribution in [2.75, 3.05) is 13.1 Å². The van der Waals surface area contributed by atoms with E-state index >= 15 is 0 Å². The van der Waals surface area contributed by atoms with E-state index in [-0.39, 0.29) is 12.0 Å². The summed E-state index contributed by atoms with van der Waals surface area (Å²) in [5, 5.41) is 11.0. The van der Waals surface area contributed by atoms with Crippen LogP contribution >= 0.6 is 0 Å². The lowest BCUT2D eigenvalue weighted by molar-refractivity contribution is -0.138. The molecule has 0 bridgehead atoms. The molecule has 0 spiro atoms. The van der Waals surface area contributed by atoms with Crippen molar-refractivity contribution in [2.24, 2.45) is 11.8 Å². The molecule has 0 aromatic rings. The molecule has 1 aliphatic carbocycles. The van der Waals surface area contributed by atoms with Gasteiger partial charge in [0.15, 0.2) is 0 Å². The molecule has 0 saturated heterocycles. The molecule has 1 fully saturated rings. The van der Waals surface area contributed by atoms with Crippen LogP contribution in [0.4, 0.5) is 4.79 Å². The first-order valence-corrected chi connectivity index (χ1v) is 9.74. The number of ether oxygens (including phenoxy) is 1. The van der Waals surface area contributed by atoms with E-state index in [9.17, 15) is 9.90 Å². The summed E-state index contributed by atoms with van der Waals surface area (Å²) < 4.78 is 11.4. The van der Waals surface area contributed by atoms with Crippen LogP contribution in [0.3, 0.4) is 0 Å². The SMILES string of the molecule is CC(C1CC1)C(C)(O)C(C)(C)O[B]C1=CCN(C(=O)OC(C)(C)C)CC1. The predicted molar refractivity (Wildman–Crippen MR) is 104 cm³/mol. The van der Waals surface area contributed by atoms with Crippen LogP contribution in [0, 0.1) is 11.8 Å². The van der Waals surface area contributed by atoms with Gasteiger partial charge in [0, 0.05) is 13.1 Å². The van der Waals surface area contributed by atoms with Gasteiger partial charge >= 0.3 is 13.6 Å². The first kappa shape index (κ1) is 21.3. The molecule has 1 aliphatic heterocycles. The highest BCUT2D eigenvalue weighted by atomic mass is 16.6. The number of rotatable bonds is 6. The van der Waals surface area contributed by atoms with Crippen molar-refractivity contribution in [3.8, 4) is 0 Å². The second kappa shape index (κ2) is 7.55. The van der Waals surface area contributed by atoms with Gasteiger partial charge in [0.2, 0.25) is 0 Å². The van der Waals surface area contributed by atoms with Crippen molar-refractivity contribution < 1.29 is 19.3 Å². The maximum Gasteiger partial charge on any atom is 0.410 e. The third-order valence-electron chi connectivity index (χ3n) is 5.84. The number of carbonyl (C=O) groups is 1. The fourth-order valence-electron chi connectivity index (χ4n) is 3.23. The van der Waals surface area contributed by atoms with Gasteiger partial charge < -0.3 is 19.4 Å². The number of hydrogen-bond acceptors (Lipinski definition) is 4. The van der Waals surface area contributed by atoms with Crippen LogP contribution in [0.25, 0.3) is 0 Å². The van der Waals surface area contributed by atoms with E-state index in [1.54, 1.807) is 12.4 Å². The summed E-state index contributed by atoms with van der Waals surface area (Å²) in [6, 6.07) is 0. The zero-order chi connectivity index (χ0) is 19.8. The highest BCUT2D eigenvalue weighted by Crippen LogP contribution is 2.46. The van der Waals surface area contributed by atoms with Crippen molar-refractivity contribution in [2.45, 2.75) is 84.5 Å². The molecule has 1 saturated carbocycles. The Balaban J connectivity index is 1.87. The molecular weight excluding hydrogens is 329 g/mol. The van der Waals surface area contributed by atoms with Gasteiger partial charge in [0.05, 0.1) is 11.2 Å². The van der Waals surface area contributed by atoms with Crippen molar-refractivity contribution in [3.63, 3.8) is 0 Å². The van der Waals surface area contributed by atoms with Gasteiger partial charge in [-0.3, -0.25) is 0 Å². The maximum atomic E-state index is 12.1. The van der Waals surface area contributed by atoms with Crippen LogP contribution in [0.2, 0.25) is 0 Å². The molecule has 0 aromatic heterocycles. The lowest BCUT2D eigenvalue weighted by Crippen LogP contribution is -2.55. The van der Waals surface area contributed by atoms with E-state index in [4.69, 9.17) is 9.39 Å². The number of nitrogens with zero attached hydrogens (tertiary/aromatic N) is 1. The molecule has 2 rings (SSSR count). The summed E-state index contributed by atoms with van der Waals surface area (Å²) in [6.07, 6.45) is 4.82. The Kier molecular flexibility index (Phi) is 6.18. The van der Waals surface area contributed by atoms with Crippen LogP contribution < -0.4 is 0 Å². The summed E-state index contributed by atoms with van der Waals surface area (Å²) in [4.78, 5) is 13.8. The van der Waals surface area contributed by atoms with E-state index in [1.807, 2.05) is 47.6 Å². The Labute approximate surface area is 159 Å². The minimum atomic E-state index is -0.900. The van der Waals surface area contributed by atoms with Gasteiger partial charge in [-0.05, 0) is 72.6 Å². The van der Waals surface area contributed by atoms with E-state index in [1.165, 1.54) is 12.8 Å². The Hall–Kier alpha value is -1.01. The fourth-order valence-corrected chi connectivity index (χ4v) is 3.23. The van der Waals surface area contributed by atoms with Crippen LogP contribution in [-0.4, -0.2) is 53.5 Å². The third kappa shape index (κ3) is 5.26. The Morgan fingerprint density at radius 2 is 1.88 bits per heavy atom. The zero-order valence-electron chi connectivity index (χ0n) is 17.5. The van der Waals surface area contributed by atoms with E-state index in [0.717, 1.165) is 11.9 Å². The summed E-state index contributed by atoms with van der Waals surface area (Å²) >= 11 is 0. The van der Waals surface area contributed by atoms with Crippen molar-refractivity contribution >= 4 is 13.6 Å². The fraction of sp³-hybridized carbons (Fsp3) is 0.850. The number of aliphatic hydroxyl groups is 1. The molecule has 1 N–H and O–H groups in total. The average Bonchev–Trinajstić information content (AvgIpc) is 3.35. The molecule has 6 heteroatoms. The minimum absolute atomic E-state index is 0.203.